The van der Waals surface area contributed by atoms with Gasteiger partial charge in [0.2, 0.25) is 11.7 Å². The molecule has 5 nitrogen and oxygen atoms in total. The molecule has 3 aromatic rings. The van der Waals surface area contributed by atoms with E-state index >= 15 is 0 Å². The zero-order valence-corrected chi connectivity index (χ0v) is 17.1. The van der Waals surface area contributed by atoms with Crippen LogP contribution in [0.5, 0.6) is 0 Å². The van der Waals surface area contributed by atoms with Gasteiger partial charge in [-0.05, 0) is 48.6 Å². The number of hydrogen-bond acceptors (Lipinski definition) is 5. The minimum absolute atomic E-state index is 0.111. The second-order valence-corrected chi connectivity index (χ2v) is 8.42. The van der Waals surface area contributed by atoms with E-state index in [1.807, 2.05) is 34.5 Å². The third-order valence-electron chi connectivity index (χ3n) is 5.15. The quantitative estimate of drug-likeness (QED) is 0.535. The molecule has 0 aliphatic heterocycles. The van der Waals surface area contributed by atoms with E-state index in [0.717, 1.165) is 23.3 Å². The summed E-state index contributed by atoms with van der Waals surface area (Å²) in [6.07, 6.45) is 6.30. The summed E-state index contributed by atoms with van der Waals surface area (Å²) in [5.41, 5.74) is 0.859. The highest BCUT2D eigenvalue weighted by Gasteiger charge is 2.27. The van der Waals surface area contributed by atoms with Gasteiger partial charge in [-0.1, -0.05) is 42.1 Å². The first kappa shape index (κ1) is 19.2. The smallest absolute Gasteiger partial charge is 0.264 e. The molecule has 0 unspecified atom stereocenters. The summed E-state index contributed by atoms with van der Waals surface area (Å²) >= 11 is 7.43. The Hall–Kier alpha value is -2.18. The van der Waals surface area contributed by atoms with Crippen LogP contribution in [0.15, 0.2) is 46.3 Å². The van der Waals surface area contributed by atoms with Crippen LogP contribution in [0.1, 0.15) is 47.7 Å². The number of nitrogens with zero attached hydrogens (tertiary/aromatic N) is 3. The van der Waals surface area contributed by atoms with Crippen LogP contribution in [-0.4, -0.2) is 33.5 Å². The summed E-state index contributed by atoms with van der Waals surface area (Å²) in [7, 11) is 0. The van der Waals surface area contributed by atoms with Crippen molar-refractivity contribution in [1.29, 1.82) is 0 Å². The molecule has 0 saturated heterocycles. The lowest BCUT2D eigenvalue weighted by atomic mass is 9.94. The van der Waals surface area contributed by atoms with Crippen LogP contribution in [0.2, 0.25) is 5.02 Å². The van der Waals surface area contributed by atoms with E-state index in [4.69, 9.17) is 16.1 Å². The van der Waals surface area contributed by atoms with Crippen molar-refractivity contribution in [1.82, 2.24) is 15.0 Å². The Balaban J connectivity index is 1.46. The lowest BCUT2D eigenvalue weighted by molar-refractivity contribution is 0.0637. The lowest BCUT2D eigenvalue weighted by Gasteiger charge is -2.34. The standard InChI is InChI=1S/C21H22ClN3O2S/c22-16-10-8-15(9-11-16)20-23-19(27-24-20)12-13-25(17-5-2-1-3-6-17)21(26)18-7-4-14-28-18/h4,7-11,14,17H,1-3,5-6,12-13H2. The van der Waals surface area contributed by atoms with Crippen molar-refractivity contribution in [3.63, 3.8) is 0 Å². The van der Waals surface area contributed by atoms with Crippen LogP contribution in [-0.2, 0) is 6.42 Å². The van der Waals surface area contributed by atoms with Crippen molar-refractivity contribution in [3.05, 3.63) is 57.6 Å². The summed E-state index contributed by atoms with van der Waals surface area (Å²) < 4.78 is 5.43. The zero-order chi connectivity index (χ0) is 19.3. The number of halogens is 1. The van der Waals surface area contributed by atoms with Crippen molar-refractivity contribution in [2.75, 3.05) is 6.54 Å². The second kappa shape index (κ2) is 8.88. The van der Waals surface area contributed by atoms with Gasteiger partial charge in [0.25, 0.3) is 5.91 Å². The molecule has 4 rings (SSSR count). The number of carbonyl (C=O) groups excluding carboxylic acids is 1. The normalized spacial score (nSPS) is 14.9. The molecule has 0 radical (unpaired) electrons. The third-order valence-corrected chi connectivity index (χ3v) is 6.26. The van der Waals surface area contributed by atoms with E-state index in [1.54, 1.807) is 12.1 Å². The SMILES string of the molecule is O=C(c1cccs1)N(CCc1nc(-c2ccc(Cl)cc2)no1)C1CCCCC1. The maximum absolute atomic E-state index is 13.0. The van der Waals surface area contributed by atoms with Crippen molar-refractivity contribution in [3.8, 4) is 11.4 Å². The predicted molar refractivity (Wildman–Crippen MR) is 111 cm³/mol. The summed E-state index contributed by atoms with van der Waals surface area (Å²) in [5.74, 6) is 1.20. The minimum Gasteiger partial charge on any atom is -0.339 e. The molecular formula is C21H22ClN3O2S. The van der Waals surface area contributed by atoms with Gasteiger partial charge in [-0.15, -0.1) is 11.3 Å². The number of hydrogen-bond donors (Lipinski definition) is 0. The minimum atomic E-state index is 0.111. The van der Waals surface area contributed by atoms with E-state index in [9.17, 15) is 4.79 Å². The van der Waals surface area contributed by atoms with Gasteiger partial charge in [0.15, 0.2) is 0 Å². The monoisotopic (exact) mass is 415 g/mol. The Morgan fingerprint density at radius 2 is 1.96 bits per heavy atom. The van der Waals surface area contributed by atoms with Gasteiger partial charge in [0.1, 0.15) is 0 Å². The van der Waals surface area contributed by atoms with Gasteiger partial charge in [0, 0.05) is 29.6 Å². The Morgan fingerprint density at radius 1 is 1.18 bits per heavy atom. The van der Waals surface area contributed by atoms with Gasteiger partial charge >= 0.3 is 0 Å². The number of carbonyl (C=O) groups is 1. The van der Waals surface area contributed by atoms with Gasteiger partial charge < -0.3 is 9.42 Å². The largest absolute Gasteiger partial charge is 0.339 e. The second-order valence-electron chi connectivity index (χ2n) is 7.04. The Bertz CT molecular complexity index is 902. The van der Waals surface area contributed by atoms with Gasteiger partial charge in [-0.2, -0.15) is 4.98 Å². The highest BCUT2D eigenvalue weighted by molar-refractivity contribution is 7.12. The first-order valence-corrected chi connectivity index (χ1v) is 10.9. The average molecular weight is 416 g/mol. The number of rotatable bonds is 6. The molecule has 1 aliphatic carbocycles. The van der Waals surface area contributed by atoms with E-state index in [1.165, 1.54) is 30.6 Å². The molecule has 7 heteroatoms. The molecule has 1 aromatic carbocycles. The van der Waals surface area contributed by atoms with Gasteiger partial charge in [0.05, 0.1) is 4.88 Å². The van der Waals surface area contributed by atoms with E-state index in [2.05, 4.69) is 10.1 Å². The highest BCUT2D eigenvalue weighted by atomic mass is 35.5. The average Bonchev–Trinajstić information content (AvgIpc) is 3.42. The van der Waals surface area contributed by atoms with Crippen LogP contribution in [0.25, 0.3) is 11.4 Å². The van der Waals surface area contributed by atoms with E-state index in [0.29, 0.717) is 35.7 Å². The molecule has 1 amide bonds. The maximum Gasteiger partial charge on any atom is 0.264 e. The predicted octanol–water partition coefficient (Wildman–Crippen LogP) is 5.47. The number of aromatic nitrogens is 2. The molecule has 146 valence electrons. The molecule has 2 aromatic heterocycles. The molecule has 0 atom stereocenters. The fraction of sp³-hybridized carbons (Fsp3) is 0.381. The molecule has 1 saturated carbocycles. The van der Waals surface area contributed by atoms with Gasteiger partial charge in [-0.3, -0.25) is 4.79 Å². The van der Waals surface area contributed by atoms with Crippen LogP contribution < -0.4 is 0 Å². The van der Waals surface area contributed by atoms with Crippen LogP contribution in [0.4, 0.5) is 0 Å². The Kier molecular flexibility index (Phi) is 6.07. The van der Waals surface area contributed by atoms with Crippen LogP contribution >= 0.6 is 22.9 Å². The van der Waals surface area contributed by atoms with Crippen LogP contribution in [0.3, 0.4) is 0 Å². The van der Waals surface area contributed by atoms with Crippen LogP contribution in [0, 0.1) is 0 Å². The summed E-state index contributed by atoms with van der Waals surface area (Å²) in [6, 6.07) is 11.5. The molecule has 1 fully saturated rings. The molecule has 2 heterocycles. The summed E-state index contributed by atoms with van der Waals surface area (Å²) in [5, 5.41) is 6.69. The van der Waals surface area contributed by atoms with Crippen molar-refractivity contribution < 1.29 is 9.32 Å². The third kappa shape index (κ3) is 4.45. The maximum atomic E-state index is 13.0. The molecule has 1 aliphatic rings. The number of benzene rings is 1. The molecule has 0 N–H and O–H groups in total. The van der Waals surface area contributed by atoms with E-state index < -0.39 is 0 Å². The summed E-state index contributed by atoms with van der Waals surface area (Å²) in [4.78, 5) is 20.3. The van der Waals surface area contributed by atoms with E-state index in [-0.39, 0.29) is 5.91 Å². The zero-order valence-electron chi connectivity index (χ0n) is 15.5. The first-order chi connectivity index (χ1) is 13.7. The lowest BCUT2D eigenvalue weighted by Crippen LogP contribution is -2.42. The molecule has 28 heavy (non-hydrogen) atoms. The van der Waals surface area contributed by atoms with Gasteiger partial charge in [-0.25, -0.2) is 0 Å². The molecular weight excluding hydrogens is 394 g/mol. The highest BCUT2D eigenvalue weighted by Crippen LogP contribution is 2.26. The number of amides is 1. The van der Waals surface area contributed by atoms with Crippen molar-refractivity contribution in [2.24, 2.45) is 0 Å². The summed E-state index contributed by atoms with van der Waals surface area (Å²) in [6.45, 7) is 0.587. The molecule has 0 spiro atoms. The van der Waals surface area contributed by atoms with Crippen molar-refractivity contribution in [2.45, 2.75) is 44.6 Å². The van der Waals surface area contributed by atoms with Crippen molar-refractivity contribution >= 4 is 28.8 Å². The first-order valence-electron chi connectivity index (χ1n) is 9.64. The fourth-order valence-electron chi connectivity index (χ4n) is 3.67. The number of thiophene rings is 1. The topological polar surface area (TPSA) is 59.2 Å². The Labute approximate surface area is 173 Å². The Morgan fingerprint density at radius 3 is 2.68 bits per heavy atom. The molecule has 0 bridgehead atoms. The fourth-order valence-corrected chi connectivity index (χ4v) is 4.48.